The molecule has 0 aliphatic rings. The lowest BCUT2D eigenvalue weighted by atomic mass is 9.87. The molecule has 2 aromatic carbocycles. The molecule has 0 fully saturated rings. The molecule has 0 radical (unpaired) electrons. The van der Waals surface area contributed by atoms with E-state index < -0.39 is 38.0 Å². The molecule has 2 aromatic rings. The zero-order valence-electron chi connectivity index (χ0n) is 15.6. The Bertz CT molecular complexity index is 966. The van der Waals surface area contributed by atoms with Gasteiger partial charge in [0.25, 0.3) is 21.6 Å². The van der Waals surface area contributed by atoms with E-state index in [0.29, 0.717) is 5.75 Å². The monoisotopic (exact) mass is 407 g/mol. The van der Waals surface area contributed by atoms with E-state index in [1.807, 2.05) is 22.4 Å². The van der Waals surface area contributed by atoms with E-state index in [0.717, 1.165) is 17.7 Å². The number of ether oxygens (including phenoxy) is 1. The van der Waals surface area contributed by atoms with Crippen LogP contribution in [0.4, 0.5) is 5.69 Å². The minimum Gasteiger partial charge on any atom is -0.484 e. The summed E-state index contributed by atoms with van der Waals surface area (Å²) in [6, 6.07) is 12.0. The Morgan fingerprint density at radius 3 is 2.29 bits per heavy atom. The van der Waals surface area contributed by atoms with E-state index >= 15 is 0 Å². The number of sulfonamides is 1. The van der Waals surface area contributed by atoms with Gasteiger partial charge in [-0.1, -0.05) is 45.0 Å². The molecular formula is C18H21N3O6S. The maximum absolute atomic E-state index is 12.2. The molecule has 0 spiro atoms. The summed E-state index contributed by atoms with van der Waals surface area (Å²) in [5.41, 5.74) is 2.45. The summed E-state index contributed by atoms with van der Waals surface area (Å²) >= 11 is 0. The third-order valence-corrected chi connectivity index (χ3v) is 5.06. The summed E-state index contributed by atoms with van der Waals surface area (Å²) in [6.45, 7) is 5.77. The Balaban J connectivity index is 1.94. The largest absolute Gasteiger partial charge is 0.484 e. The molecule has 0 saturated carbocycles. The highest BCUT2D eigenvalue weighted by Gasteiger charge is 2.25. The van der Waals surface area contributed by atoms with Crippen molar-refractivity contribution in [2.24, 2.45) is 0 Å². The number of benzene rings is 2. The fraction of sp³-hybridized carbons (Fsp3) is 0.278. The van der Waals surface area contributed by atoms with Crippen LogP contribution in [0, 0.1) is 10.1 Å². The molecule has 0 unspecified atom stereocenters. The van der Waals surface area contributed by atoms with Gasteiger partial charge in [0.2, 0.25) is 0 Å². The van der Waals surface area contributed by atoms with Crippen LogP contribution in [0.25, 0.3) is 0 Å². The Kier molecular flexibility index (Phi) is 6.37. The molecule has 10 heteroatoms. The highest BCUT2D eigenvalue weighted by Crippen LogP contribution is 2.24. The standard InChI is InChI=1S/C18H21N3O6S/c1-18(2,3)13-8-10-14(11-9-13)27-12-17(22)19-20-28(25,26)16-7-5-4-6-15(16)21(23)24/h4-11,20H,12H2,1-3H3,(H,19,22). The summed E-state index contributed by atoms with van der Waals surface area (Å²) < 4.78 is 29.7. The van der Waals surface area contributed by atoms with Gasteiger partial charge in [0, 0.05) is 6.07 Å². The van der Waals surface area contributed by atoms with E-state index in [9.17, 15) is 23.3 Å². The van der Waals surface area contributed by atoms with Gasteiger partial charge in [0.1, 0.15) is 5.75 Å². The number of nitro benzene ring substituents is 1. The van der Waals surface area contributed by atoms with Crippen LogP contribution >= 0.6 is 0 Å². The zero-order chi connectivity index (χ0) is 20.9. The molecule has 28 heavy (non-hydrogen) atoms. The average molecular weight is 407 g/mol. The second kappa shape index (κ2) is 8.36. The number of amides is 1. The molecule has 1 amide bonds. The third kappa shape index (κ3) is 5.51. The minimum atomic E-state index is -4.32. The van der Waals surface area contributed by atoms with Crippen molar-refractivity contribution >= 4 is 21.6 Å². The fourth-order valence-electron chi connectivity index (χ4n) is 2.25. The van der Waals surface area contributed by atoms with Crippen LogP contribution in [0.3, 0.4) is 0 Å². The highest BCUT2D eigenvalue weighted by atomic mass is 32.2. The molecule has 0 atom stereocenters. The topological polar surface area (TPSA) is 128 Å². The summed E-state index contributed by atoms with van der Waals surface area (Å²) in [6.07, 6.45) is 0. The van der Waals surface area contributed by atoms with E-state index in [-0.39, 0.29) is 5.41 Å². The molecular weight excluding hydrogens is 386 g/mol. The first-order chi connectivity index (χ1) is 13.0. The normalized spacial score (nSPS) is 11.7. The number of hydrogen-bond acceptors (Lipinski definition) is 6. The van der Waals surface area contributed by atoms with Crippen molar-refractivity contribution in [2.45, 2.75) is 31.1 Å². The lowest BCUT2D eigenvalue weighted by molar-refractivity contribution is -0.387. The molecule has 150 valence electrons. The fourth-order valence-corrected chi connectivity index (χ4v) is 3.28. The van der Waals surface area contributed by atoms with Crippen molar-refractivity contribution in [1.29, 1.82) is 0 Å². The van der Waals surface area contributed by atoms with Gasteiger partial charge >= 0.3 is 0 Å². The molecule has 0 saturated heterocycles. The van der Waals surface area contributed by atoms with E-state index in [1.165, 1.54) is 12.1 Å². The van der Waals surface area contributed by atoms with Crippen molar-refractivity contribution in [2.75, 3.05) is 6.61 Å². The van der Waals surface area contributed by atoms with E-state index in [2.05, 4.69) is 20.8 Å². The van der Waals surface area contributed by atoms with Gasteiger partial charge in [-0.05, 0) is 29.2 Å². The Hall–Kier alpha value is -2.98. The number of hydrogen-bond donors (Lipinski definition) is 2. The molecule has 2 rings (SSSR count). The highest BCUT2D eigenvalue weighted by molar-refractivity contribution is 7.89. The zero-order valence-corrected chi connectivity index (χ0v) is 16.4. The van der Waals surface area contributed by atoms with Crippen LogP contribution in [-0.4, -0.2) is 25.9 Å². The molecule has 0 heterocycles. The number of nitro groups is 1. The molecule has 9 nitrogen and oxygen atoms in total. The van der Waals surface area contributed by atoms with Crippen molar-refractivity contribution in [1.82, 2.24) is 10.3 Å². The van der Waals surface area contributed by atoms with Crippen molar-refractivity contribution in [3.8, 4) is 5.75 Å². The van der Waals surface area contributed by atoms with E-state index in [4.69, 9.17) is 4.74 Å². The number of nitrogens with one attached hydrogen (secondary N) is 2. The van der Waals surface area contributed by atoms with Crippen LogP contribution in [-0.2, 0) is 20.2 Å². The Labute approximate surface area is 162 Å². The second-order valence-corrected chi connectivity index (χ2v) is 8.59. The molecule has 0 aliphatic heterocycles. The maximum Gasteiger partial charge on any atom is 0.289 e. The van der Waals surface area contributed by atoms with Crippen molar-refractivity contribution < 1.29 is 22.9 Å². The van der Waals surface area contributed by atoms with Crippen LogP contribution in [0.2, 0.25) is 0 Å². The summed E-state index contributed by atoms with van der Waals surface area (Å²) in [5.74, 6) is -0.313. The van der Waals surface area contributed by atoms with E-state index in [1.54, 1.807) is 12.1 Å². The Morgan fingerprint density at radius 2 is 1.71 bits per heavy atom. The van der Waals surface area contributed by atoms with Gasteiger partial charge in [-0.25, -0.2) is 8.42 Å². The van der Waals surface area contributed by atoms with Gasteiger partial charge in [0.05, 0.1) is 4.92 Å². The van der Waals surface area contributed by atoms with Crippen LogP contribution < -0.4 is 15.0 Å². The molecule has 2 N–H and O–H groups in total. The van der Waals surface area contributed by atoms with Crippen molar-refractivity contribution in [3.05, 3.63) is 64.2 Å². The van der Waals surface area contributed by atoms with Gasteiger partial charge in [0.15, 0.2) is 11.5 Å². The SMILES string of the molecule is CC(C)(C)c1ccc(OCC(=O)NNS(=O)(=O)c2ccccc2[N+](=O)[O-])cc1. The van der Waals surface area contributed by atoms with Gasteiger partial charge in [-0.3, -0.25) is 20.3 Å². The van der Waals surface area contributed by atoms with Crippen LogP contribution in [0.15, 0.2) is 53.4 Å². The molecule has 0 aliphatic carbocycles. The second-order valence-electron chi connectivity index (χ2n) is 6.94. The van der Waals surface area contributed by atoms with Gasteiger partial charge < -0.3 is 4.74 Å². The third-order valence-electron chi connectivity index (χ3n) is 3.77. The number of para-hydroxylation sites is 1. The quantitative estimate of drug-likeness (QED) is 0.535. The number of hydrazine groups is 1. The predicted octanol–water partition coefficient (Wildman–Crippen LogP) is 2.28. The van der Waals surface area contributed by atoms with Crippen LogP contribution in [0.5, 0.6) is 5.75 Å². The summed E-state index contributed by atoms with van der Waals surface area (Å²) in [7, 11) is -4.32. The Morgan fingerprint density at radius 1 is 1.11 bits per heavy atom. The lowest BCUT2D eigenvalue weighted by Crippen LogP contribution is -2.43. The number of carbonyl (C=O) groups is 1. The number of carbonyl (C=O) groups excluding carboxylic acids is 1. The summed E-state index contributed by atoms with van der Waals surface area (Å²) in [4.78, 5) is 23.2. The van der Waals surface area contributed by atoms with Gasteiger partial charge in [-0.15, -0.1) is 4.83 Å². The summed E-state index contributed by atoms with van der Waals surface area (Å²) in [5, 5.41) is 11.0. The average Bonchev–Trinajstić information content (AvgIpc) is 2.64. The minimum absolute atomic E-state index is 0.0196. The smallest absolute Gasteiger partial charge is 0.289 e. The van der Waals surface area contributed by atoms with Gasteiger partial charge in [-0.2, -0.15) is 0 Å². The first-order valence-corrected chi connectivity index (χ1v) is 9.76. The van der Waals surface area contributed by atoms with Crippen LogP contribution in [0.1, 0.15) is 26.3 Å². The first kappa shape index (κ1) is 21.3. The molecule has 0 aromatic heterocycles. The molecule has 0 bridgehead atoms. The van der Waals surface area contributed by atoms with Crippen molar-refractivity contribution in [3.63, 3.8) is 0 Å². The number of rotatable bonds is 7. The predicted molar refractivity (Wildman–Crippen MR) is 102 cm³/mol. The lowest BCUT2D eigenvalue weighted by Gasteiger charge is -2.19. The maximum atomic E-state index is 12.2. The number of nitrogens with zero attached hydrogens (tertiary/aromatic N) is 1. The first-order valence-electron chi connectivity index (χ1n) is 8.28.